The van der Waals surface area contributed by atoms with Crippen molar-refractivity contribution in [1.29, 1.82) is 0 Å². The van der Waals surface area contributed by atoms with Crippen molar-refractivity contribution in [2.24, 2.45) is 5.92 Å². The minimum absolute atomic E-state index is 0.0462. The summed E-state index contributed by atoms with van der Waals surface area (Å²) in [6.07, 6.45) is 4.54. The van der Waals surface area contributed by atoms with Crippen molar-refractivity contribution in [3.63, 3.8) is 0 Å². The van der Waals surface area contributed by atoms with Crippen molar-refractivity contribution in [3.8, 4) is 0 Å². The van der Waals surface area contributed by atoms with Crippen molar-refractivity contribution in [2.75, 3.05) is 25.0 Å². The van der Waals surface area contributed by atoms with Crippen molar-refractivity contribution < 1.29 is 18.0 Å². The Labute approximate surface area is 167 Å². The van der Waals surface area contributed by atoms with E-state index >= 15 is 0 Å². The Kier molecular flexibility index (Phi) is 6.40. The summed E-state index contributed by atoms with van der Waals surface area (Å²) in [6, 6.07) is 6.58. The van der Waals surface area contributed by atoms with Gasteiger partial charge in [-0.05, 0) is 31.0 Å². The molecule has 1 N–H and O–H groups in total. The second-order valence-electron chi connectivity index (χ2n) is 7.49. The van der Waals surface area contributed by atoms with Crippen LogP contribution in [0.2, 0.25) is 0 Å². The molecule has 0 aromatic heterocycles. The van der Waals surface area contributed by atoms with Gasteiger partial charge in [-0.2, -0.15) is 4.31 Å². The summed E-state index contributed by atoms with van der Waals surface area (Å²) >= 11 is 0. The van der Waals surface area contributed by atoms with Crippen LogP contribution < -0.4 is 5.32 Å². The highest BCUT2D eigenvalue weighted by atomic mass is 32.2. The van der Waals surface area contributed by atoms with E-state index in [0.29, 0.717) is 25.3 Å². The first-order chi connectivity index (χ1) is 13.4. The van der Waals surface area contributed by atoms with Gasteiger partial charge in [0.1, 0.15) is 0 Å². The van der Waals surface area contributed by atoms with E-state index in [0.717, 1.165) is 25.7 Å². The van der Waals surface area contributed by atoms with Gasteiger partial charge in [-0.1, -0.05) is 32.8 Å². The third kappa shape index (κ3) is 4.22. The molecule has 3 rings (SSSR count). The molecule has 8 heteroatoms. The molecule has 0 spiro atoms. The maximum atomic E-state index is 12.7. The summed E-state index contributed by atoms with van der Waals surface area (Å²) in [6.45, 7) is 4.81. The average Bonchev–Trinajstić information content (AvgIpc) is 3.32. The van der Waals surface area contributed by atoms with Crippen LogP contribution in [0.1, 0.15) is 46.0 Å². The van der Waals surface area contributed by atoms with Crippen LogP contribution in [0.25, 0.3) is 0 Å². The number of nitrogens with zero attached hydrogens (tertiary/aromatic N) is 2. The van der Waals surface area contributed by atoms with E-state index in [1.54, 1.807) is 26.0 Å². The predicted molar refractivity (Wildman–Crippen MR) is 107 cm³/mol. The largest absolute Gasteiger partial charge is 0.339 e. The first kappa shape index (κ1) is 20.8. The van der Waals surface area contributed by atoms with Gasteiger partial charge >= 0.3 is 0 Å². The third-order valence-electron chi connectivity index (χ3n) is 5.74. The molecule has 2 fully saturated rings. The second-order valence-corrected chi connectivity index (χ2v) is 9.43. The van der Waals surface area contributed by atoms with Crippen molar-refractivity contribution in [1.82, 2.24) is 9.21 Å². The van der Waals surface area contributed by atoms with E-state index in [1.165, 1.54) is 16.4 Å². The molecule has 2 aliphatic rings. The van der Waals surface area contributed by atoms with Crippen molar-refractivity contribution in [3.05, 3.63) is 24.3 Å². The number of rotatable bonds is 7. The first-order valence-electron chi connectivity index (χ1n) is 10.1. The molecule has 1 saturated carbocycles. The fourth-order valence-electron chi connectivity index (χ4n) is 4.17. The molecule has 1 aliphatic heterocycles. The zero-order chi connectivity index (χ0) is 20.3. The SMILES string of the molecule is CCN(CC)S(=O)(=O)c1cccc(NC(=O)[C@H]2CC(=O)N(C3CCCC3)C2)c1. The van der Waals surface area contributed by atoms with Crippen LogP contribution >= 0.6 is 0 Å². The Hall–Kier alpha value is -1.93. The number of carbonyl (C=O) groups excluding carboxylic acids is 2. The number of sulfonamides is 1. The molecular formula is C20H29N3O4S. The zero-order valence-corrected chi connectivity index (χ0v) is 17.4. The van der Waals surface area contributed by atoms with Gasteiger partial charge in [-0.25, -0.2) is 8.42 Å². The monoisotopic (exact) mass is 407 g/mol. The highest BCUT2D eigenvalue weighted by molar-refractivity contribution is 7.89. The lowest BCUT2D eigenvalue weighted by Crippen LogP contribution is -2.35. The number of likely N-dealkylation sites (tertiary alicyclic amines) is 1. The third-order valence-corrected chi connectivity index (χ3v) is 7.79. The number of benzene rings is 1. The molecule has 7 nitrogen and oxygen atoms in total. The number of carbonyl (C=O) groups is 2. The summed E-state index contributed by atoms with van der Waals surface area (Å²) < 4.78 is 26.7. The number of hydrogen-bond donors (Lipinski definition) is 1. The van der Waals surface area contributed by atoms with Gasteiger partial charge in [0.05, 0.1) is 10.8 Å². The van der Waals surface area contributed by atoms with Crippen LogP contribution in [-0.2, 0) is 19.6 Å². The van der Waals surface area contributed by atoms with Crippen LogP contribution in [0.4, 0.5) is 5.69 Å². The van der Waals surface area contributed by atoms with Crippen molar-refractivity contribution in [2.45, 2.75) is 56.9 Å². The Balaban J connectivity index is 1.69. The quantitative estimate of drug-likeness (QED) is 0.752. The number of nitrogens with one attached hydrogen (secondary N) is 1. The van der Waals surface area contributed by atoms with Gasteiger partial charge < -0.3 is 10.2 Å². The van der Waals surface area contributed by atoms with Gasteiger partial charge in [0.15, 0.2) is 0 Å². The molecule has 1 saturated heterocycles. The molecule has 1 aromatic carbocycles. The molecule has 28 heavy (non-hydrogen) atoms. The smallest absolute Gasteiger partial charge is 0.243 e. The molecular weight excluding hydrogens is 378 g/mol. The van der Waals surface area contributed by atoms with Crippen molar-refractivity contribution >= 4 is 27.5 Å². The van der Waals surface area contributed by atoms with Gasteiger partial charge in [0, 0.05) is 37.8 Å². The highest BCUT2D eigenvalue weighted by Gasteiger charge is 2.38. The summed E-state index contributed by atoms with van der Waals surface area (Å²) in [5.74, 6) is -0.577. The van der Waals surface area contributed by atoms with Crippen LogP contribution in [0.5, 0.6) is 0 Å². The molecule has 0 bridgehead atoms. The molecule has 1 atom stereocenters. The van der Waals surface area contributed by atoms with E-state index in [-0.39, 0.29) is 29.2 Å². The van der Waals surface area contributed by atoms with Crippen LogP contribution in [0.15, 0.2) is 29.2 Å². The van der Waals surface area contributed by atoms with E-state index in [1.807, 2.05) is 4.90 Å². The Morgan fingerprint density at radius 2 is 1.89 bits per heavy atom. The summed E-state index contributed by atoms with van der Waals surface area (Å²) in [5.41, 5.74) is 0.435. The molecule has 0 radical (unpaired) electrons. The maximum Gasteiger partial charge on any atom is 0.243 e. The summed E-state index contributed by atoms with van der Waals surface area (Å²) in [7, 11) is -3.59. The van der Waals surface area contributed by atoms with Crippen LogP contribution in [0.3, 0.4) is 0 Å². The van der Waals surface area contributed by atoms with Gasteiger partial charge in [-0.15, -0.1) is 0 Å². The van der Waals surface area contributed by atoms with Gasteiger partial charge in [-0.3, -0.25) is 9.59 Å². The fraction of sp³-hybridized carbons (Fsp3) is 0.600. The molecule has 154 valence electrons. The van der Waals surface area contributed by atoms with Gasteiger partial charge in [0.2, 0.25) is 21.8 Å². The fourth-order valence-corrected chi connectivity index (χ4v) is 5.67. The lowest BCUT2D eigenvalue weighted by atomic mass is 10.1. The minimum atomic E-state index is -3.59. The minimum Gasteiger partial charge on any atom is -0.339 e. The number of amides is 2. The van der Waals surface area contributed by atoms with Gasteiger partial charge in [0.25, 0.3) is 0 Å². The first-order valence-corrected chi connectivity index (χ1v) is 11.5. The lowest BCUT2D eigenvalue weighted by Gasteiger charge is -2.24. The molecule has 1 aromatic rings. The Morgan fingerprint density at radius 1 is 1.21 bits per heavy atom. The maximum absolute atomic E-state index is 12.7. The van der Waals surface area contributed by atoms with E-state index in [4.69, 9.17) is 0 Å². The van der Waals surface area contributed by atoms with E-state index in [9.17, 15) is 18.0 Å². The molecule has 1 heterocycles. The lowest BCUT2D eigenvalue weighted by molar-refractivity contribution is -0.129. The predicted octanol–water partition coefficient (Wildman–Crippen LogP) is 2.45. The highest BCUT2D eigenvalue weighted by Crippen LogP contribution is 2.30. The van der Waals surface area contributed by atoms with E-state index < -0.39 is 15.9 Å². The topological polar surface area (TPSA) is 86.8 Å². The summed E-state index contributed by atoms with van der Waals surface area (Å²) in [5, 5.41) is 2.80. The zero-order valence-electron chi connectivity index (χ0n) is 16.6. The second kappa shape index (κ2) is 8.61. The molecule has 0 unspecified atom stereocenters. The molecule has 1 aliphatic carbocycles. The average molecular weight is 408 g/mol. The molecule has 2 amide bonds. The van der Waals surface area contributed by atoms with Crippen LogP contribution in [0, 0.1) is 5.92 Å². The van der Waals surface area contributed by atoms with E-state index in [2.05, 4.69) is 5.32 Å². The number of anilines is 1. The summed E-state index contributed by atoms with van der Waals surface area (Å²) in [4.78, 5) is 27.0. The normalized spacial score (nSPS) is 20.9. The standard InChI is InChI=1S/C20H29N3O4S/c1-3-22(4-2)28(26,27)18-11-7-8-16(13-18)21-20(25)15-12-19(24)23(14-15)17-9-5-6-10-17/h7-8,11,13,15,17H,3-6,9-10,12,14H2,1-2H3,(H,21,25)/t15-/m0/s1. The number of hydrogen-bond acceptors (Lipinski definition) is 4. The Bertz CT molecular complexity index is 830. The van der Waals surface area contributed by atoms with Crippen LogP contribution in [-0.4, -0.2) is 55.1 Å². The Morgan fingerprint density at radius 3 is 2.54 bits per heavy atom.